The highest BCUT2D eigenvalue weighted by Gasteiger charge is 2.21. The zero-order chi connectivity index (χ0) is 9.10. The number of hydrogen-bond donors (Lipinski definition) is 1. The highest BCUT2D eigenvalue weighted by molar-refractivity contribution is 9.09. The summed E-state index contributed by atoms with van der Waals surface area (Å²) in [5.41, 5.74) is 0. The molecule has 1 fully saturated rings. The van der Waals surface area contributed by atoms with Crippen LogP contribution in [0.25, 0.3) is 0 Å². The molecule has 2 rings (SSSR count). The summed E-state index contributed by atoms with van der Waals surface area (Å²) in [6.07, 6.45) is 5.92. The SMILES string of the molecule is BrC1CCC(c2ncccn2)CN1. The average Bonchev–Trinajstić information content (AvgIpc) is 2.20. The minimum atomic E-state index is 0.465. The lowest BCUT2D eigenvalue weighted by atomic mass is 9.99. The molecule has 0 aromatic carbocycles. The molecule has 13 heavy (non-hydrogen) atoms. The first kappa shape index (κ1) is 9.09. The number of aromatic nitrogens is 2. The molecule has 1 aromatic heterocycles. The minimum absolute atomic E-state index is 0.465. The monoisotopic (exact) mass is 241 g/mol. The van der Waals surface area contributed by atoms with E-state index in [1.807, 2.05) is 18.5 Å². The van der Waals surface area contributed by atoms with Crippen LogP contribution in [-0.4, -0.2) is 21.5 Å². The summed E-state index contributed by atoms with van der Waals surface area (Å²) in [5, 5.41) is 3.37. The predicted octanol–water partition coefficient (Wildman–Crippen LogP) is 1.66. The van der Waals surface area contributed by atoms with Crippen molar-refractivity contribution < 1.29 is 0 Å². The molecule has 1 saturated heterocycles. The molecule has 0 aliphatic carbocycles. The second-order valence-electron chi connectivity index (χ2n) is 3.26. The Kier molecular flexibility index (Phi) is 2.90. The van der Waals surface area contributed by atoms with E-state index >= 15 is 0 Å². The Morgan fingerprint density at radius 1 is 1.31 bits per heavy atom. The Labute approximate surface area is 86.1 Å². The van der Waals surface area contributed by atoms with Crippen LogP contribution in [0, 0.1) is 0 Å². The highest BCUT2D eigenvalue weighted by Crippen LogP contribution is 2.23. The number of nitrogens with one attached hydrogen (secondary N) is 1. The average molecular weight is 242 g/mol. The van der Waals surface area contributed by atoms with E-state index in [2.05, 4.69) is 31.2 Å². The first-order chi connectivity index (χ1) is 6.36. The number of nitrogens with zero attached hydrogens (tertiary/aromatic N) is 2. The van der Waals surface area contributed by atoms with Crippen molar-refractivity contribution in [2.45, 2.75) is 23.7 Å². The summed E-state index contributed by atoms with van der Waals surface area (Å²) in [6, 6.07) is 1.85. The van der Waals surface area contributed by atoms with Crippen LogP contribution in [0.5, 0.6) is 0 Å². The fraction of sp³-hybridized carbons (Fsp3) is 0.556. The lowest BCUT2D eigenvalue weighted by Crippen LogP contribution is -2.34. The van der Waals surface area contributed by atoms with Gasteiger partial charge in [-0.3, -0.25) is 0 Å². The summed E-state index contributed by atoms with van der Waals surface area (Å²) < 4.78 is 0. The van der Waals surface area contributed by atoms with Gasteiger partial charge >= 0.3 is 0 Å². The van der Waals surface area contributed by atoms with E-state index in [9.17, 15) is 0 Å². The molecule has 0 radical (unpaired) electrons. The van der Waals surface area contributed by atoms with Crippen molar-refractivity contribution in [2.24, 2.45) is 0 Å². The third kappa shape index (κ3) is 2.25. The maximum atomic E-state index is 4.26. The van der Waals surface area contributed by atoms with Crippen molar-refractivity contribution >= 4 is 15.9 Å². The third-order valence-electron chi connectivity index (χ3n) is 2.31. The Morgan fingerprint density at radius 3 is 2.69 bits per heavy atom. The smallest absolute Gasteiger partial charge is 0.132 e. The normalized spacial score (nSPS) is 28.7. The standard InChI is InChI=1S/C9H12BrN3/c10-8-3-2-7(6-13-8)9-11-4-1-5-12-9/h1,4-5,7-8,13H,2-3,6H2. The molecule has 3 nitrogen and oxygen atoms in total. The molecular formula is C9H12BrN3. The fourth-order valence-corrected chi connectivity index (χ4v) is 2.01. The number of piperidine rings is 1. The van der Waals surface area contributed by atoms with Crippen molar-refractivity contribution in [3.8, 4) is 0 Å². The molecule has 0 spiro atoms. The van der Waals surface area contributed by atoms with Crippen molar-refractivity contribution in [3.63, 3.8) is 0 Å². The van der Waals surface area contributed by atoms with Crippen molar-refractivity contribution in [3.05, 3.63) is 24.3 Å². The molecule has 0 saturated carbocycles. The van der Waals surface area contributed by atoms with Crippen LogP contribution in [-0.2, 0) is 0 Å². The van der Waals surface area contributed by atoms with Gasteiger partial charge in [0.15, 0.2) is 0 Å². The second kappa shape index (κ2) is 4.15. The quantitative estimate of drug-likeness (QED) is 0.601. The Morgan fingerprint density at radius 2 is 2.08 bits per heavy atom. The molecule has 1 aromatic rings. The van der Waals surface area contributed by atoms with Gasteiger partial charge < -0.3 is 5.32 Å². The first-order valence-electron chi connectivity index (χ1n) is 4.50. The number of hydrogen-bond acceptors (Lipinski definition) is 3. The fourth-order valence-electron chi connectivity index (χ4n) is 1.56. The molecule has 0 bridgehead atoms. The van der Waals surface area contributed by atoms with E-state index in [-0.39, 0.29) is 0 Å². The maximum Gasteiger partial charge on any atom is 0.132 e. The predicted molar refractivity (Wildman–Crippen MR) is 54.7 cm³/mol. The van der Waals surface area contributed by atoms with Crippen LogP contribution >= 0.6 is 15.9 Å². The molecular weight excluding hydrogens is 230 g/mol. The first-order valence-corrected chi connectivity index (χ1v) is 5.42. The zero-order valence-corrected chi connectivity index (χ0v) is 8.87. The molecule has 1 aliphatic heterocycles. The molecule has 2 unspecified atom stereocenters. The lowest BCUT2D eigenvalue weighted by Gasteiger charge is -2.25. The van der Waals surface area contributed by atoms with Gasteiger partial charge in [0, 0.05) is 24.9 Å². The molecule has 70 valence electrons. The van der Waals surface area contributed by atoms with Crippen LogP contribution in [0.15, 0.2) is 18.5 Å². The molecule has 0 amide bonds. The van der Waals surface area contributed by atoms with E-state index in [1.54, 1.807) is 0 Å². The number of rotatable bonds is 1. The van der Waals surface area contributed by atoms with E-state index in [1.165, 1.54) is 0 Å². The third-order valence-corrected chi connectivity index (χ3v) is 3.09. The van der Waals surface area contributed by atoms with Crippen molar-refractivity contribution in [2.75, 3.05) is 6.54 Å². The molecule has 1 N–H and O–H groups in total. The molecule has 2 atom stereocenters. The van der Waals surface area contributed by atoms with Crippen LogP contribution in [0.3, 0.4) is 0 Å². The van der Waals surface area contributed by atoms with Crippen LogP contribution in [0.4, 0.5) is 0 Å². The van der Waals surface area contributed by atoms with Gasteiger partial charge in [0.05, 0.1) is 4.95 Å². The van der Waals surface area contributed by atoms with Gasteiger partial charge in [-0.2, -0.15) is 0 Å². The van der Waals surface area contributed by atoms with Gasteiger partial charge in [0.2, 0.25) is 0 Å². The van der Waals surface area contributed by atoms with Gasteiger partial charge in [-0.15, -0.1) is 0 Å². The van der Waals surface area contributed by atoms with Gasteiger partial charge in [-0.1, -0.05) is 15.9 Å². The largest absolute Gasteiger partial charge is 0.304 e. The molecule has 4 heteroatoms. The van der Waals surface area contributed by atoms with Crippen molar-refractivity contribution in [1.29, 1.82) is 0 Å². The van der Waals surface area contributed by atoms with Gasteiger partial charge in [-0.25, -0.2) is 9.97 Å². The van der Waals surface area contributed by atoms with E-state index in [4.69, 9.17) is 0 Å². The summed E-state index contributed by atoms with van der Waals surface area (Å²) in [5.74, 6) is 1.45. The maximum absolute atomic E-state index is 4.26. The molecule has 1 aliphatic rings. The second-order valence-corrected chi connectivity index (χ2v) is 4.36. The van der Waals surface area contributed by atoms with E-state index in [0.29, 0.717) is 10.9 Å². The number of alkyl halides is 1. The van der Waals surface area contributed by atoms with Crippen LogP contribution < -0.4 is 5.32 Å². The van der Waals surface area contributed by atoms with E-state index in [0.717, 1.165) is 25.2 Å². The van der Waals surface area contributed by atoms with Gasteiger partial charge in [0.1, 0.15) is 5.82 Å². The topological polar surface area (TPSA) is 37.8 Å². The summed E-state index contributed by atoms with van der Waals surface area (Å²) >= 11 is 3.54. The van der Waals surface area contributed by atoms with Crippen LogP contribution in [0.1, 0.15) is 24.6 Å². The van der Waals surface area contributed by atoms with Gasteiger partial charge in [-0.05, 0) is 18.9 Å². The van der Waals surface area contributed by atoms with E-state index < -0.39 is 0 Å². The molecule has 2 heterocycles. The van der Waals surface area contributed by atoms with Crippen molar-refractivity contribution in [1.82, 2.24) is 15.3 Å². The number of halogens is 1. The summed E-state index contributed by atoms with van der Waals surface area (Å²) in [6.45, 7) is 0.972. The van der Waals surface area contributed by atoms with Gasteiger partial charge in [0.25, 0.3) is 0 Å². The Bertz CT molecular complexity index is 257. The Hall–Kier alpha value is -0.480. The Balaban J connectivity index is 2.03. The summed E-state index contributed by atoms with van der Waals surface area (Å²) in [4.78, 5) is 8.99. The minimum Gasteiger partial charge on any atom is -0.304 e. The summed E-state index contributed by atoms with van der Waals surface area (Å²) in [7, 11) is 0. The zero-order valence-electron chi connectivity index (χ0n) is 7.28. The highest BCUT2D eigenvalue weighted by atomic mass is 79.9. The lowest BCUT2D eigenvalue weighted by molar-refractivity contribution is 0.430. The van der Waals surface area contributed by atoms with Crippen LogP contribution in [0.2, 0.25) is 0 Å².